The van der Waals surface area contributed by atoms with Crippen LogP contribution < -0.4 is 0 Å². The van der Waals surface area contributed by atoms with Gasteiger partial charge < -0.3 is 9.13 Å². The zero-order valence-electron chi connectivity index (χ0n) is 22.6. The van der Waals surface area contributed by atoms with Crippen LogP contribution in [-0.2, 0) is 20.0 Å². The number of para-hydroxylation sites is 2. The van der Waals surface area contributed by atoms with Crippen molar-refractivity contribution in [3.05, 3.63) is 107 Å². The third-order valence-corrected chi connectivity index (χ3v) is 7.45. The lowest BCUT2D eigenvalue weighted by molar-refractivity contribution is -0.134. The third-order valence-electron chi connectivity index (χ3n) is 7.45. The van der Waals surface area contributed by atoms with Crippen LogP contribution in [0.1, 0.15) is 28.9 Å². The highest BCUT2D eigenvalue weighted by Crippen LogP contribution is 2.32. The topological polar surface area (TPSA) is 59.4 Å². The van der Waals surface area contributed by atoms with E-state index in [2.05, 4.69) is 6.07 Å². The minimum atomic E-state index is -4.29. The summed E-state index contributed by atoms with van der Waals surface area (Å²) in [4.78, 5) is 9.53. The highest BCUT2D eigenvalue weighted by molar-refractivity contribution is 5.87. The molecule has 0 atom stereocenters. The molecule has 0 saturated heterocycles. The van der Waals surface area contributed by atoms with Gasteiger partial charge in [-0.25, -0.2) is 9.97 Å². The summed E-state index contributed by atoms with van der Waals surface area (Å²) < 4.78 is 43.7. The van der Waals surface area contributed by atoms with E-state index in [-0.39, 0.29) is 6.42 Å². The van der Waals surface area contributed by atoms with Crippen molar-refractivity contribution in [1.29, 1.82) is 5.26 Å². The first-order valence-electron chi connectivity index (χ1n) is 13.3. The fraction of sp³-hybridized carbons (Fsp3) is 0.182. The van der Waals surface area contributed by atoms with Gasteiger partial charge in [-0.05, 0) is 59.5 Å². The van der Waals surface area contributed by atoms with Crippen molar-refractivity contribution < 1.29 is 13.2 Å². The molecule has 0 radical (unpaired) electrons. The highest BCUT2D eigenvalue weighted by atomic mass is 19.4. The van der Waals surface area contributed by atoms with Gasteiger partial charge in [-0.15, -0.1) is 0 Å². The number of alkyl halides is 3. The molecule has 5 nitrogen and oxygen atoms in total. The zero-order valence-corrected chi connectivity index (χ0v) is 22.6. The lowest BCUT2D eigenvalue weighted by Crippen LogP contribution is -2.12. The van der Waals surface area contributed by atoms with Crippen LogP contribution in [0.25, 0.3) is 44.6 Å². The van der Waals surface area contributed by atoms with E-state index in [0.29, 0.717) is 23.4 Å². The number of hydrogen-bond acceptors (Lipinski definition) is 3. The summed E-state index contributed by atoms with van der Waals surface area (Å²) >= 11 is 0. The molecule has 6 rings (SSSR count). The summed E-state index contributed by atoms with van der Waals surface area (Å²) in [7, 11) is 1.96. The molecule has 0 aliphatic rings. The van der Waals surface area contributed by atoms with Gasteiger partial charge in [-0.3, -0.25) is 0 Å². The number of nitrogens with zero attached hydrogens (tertiary/aromatic N) is 5. The molecule has 4 aromatic carbocycles. The fourth-order valence-corrected chi connectivity index (χ4v) is 5.40. The first kappa shape index (κ1) is 26.3. The number of nitriles is 1. The average Bonchev–Trinajstić information content (AvgIpc) is 3.49. The van der Waals surface area contributed by atoms with Crippen molar-refractivity contribution >= 4 is 22.1 Å². The van der Waals surface area contributed by atoms with Crippen molar-refractivity contribution in [3.8, 4) is 28.6 Å². The second-order valence-corrected chi connectivity index (χ2v) is 10.2. The number of aromatic nitrogens is 4. The van der Waals surface area contributed by atoms with Gasteiger partial charge in [0.15, 0.2) is 0 Å². The number of fused-ring (bicyclic) bond motifs is 2. The smallest absolute Gasteiger partial charge is 0.327 e. The Kier molecular flexibility index (Phi) is 6.58. The summed E-state index contributed by atoms with van der Waals surface area (Å²) in [6.45, 7) is 2.29. The second-order valence-electron chi connectivity index (χ2n) is 10.2. The molecular weight excluding hydrogens is 523 g/mol. The Hall–Kier alpha value is -4.90. The van der Waals surface area contributed by atoms with Crippen LogP contribution in [-0.4, -0.2) is 25.3 Å². The van der Waals surface area contributed by atoms with Crippen LogP contribution >= 0.6 is 0 Å². The van der Waals surface area contributed by atoms with Crippen LogP contribution in [0.2, 0.25) is 0 Å². The van der Waals surface area contributed by atoms with Crippen molar-refractivity contribution in [3.63, 3.8) is 0 Å². The van der Waals surface area contributed by atoms with E-state index in [9.17, 15) is 18.4 Å². The van der Waals surface area contributed by atoms with Crippen LogP contribution in [0.4, 0.5) is 13.2 Å². The molecule has 6 aromatic rings. The van der Waals surface area contributed by atoms with Gasteiger partial charge in [0.1, 0.15) is 11.6 Å². The molecule has 0 unspecified atom stereocenters. The first-order valence-corrected chi connectivity index (χ1v) is 13.3. The van der Waals surface area contributed by atoms with Gasteiger partial charge in [-0.2, -0.15) is 18.4 Å². The summed E-state index contributed by atoms with van der Waals surface area (Å²) in [5, 5.41) is 9.48. The van der Waals surface area contributed by atoms with E-state index < -0.39 is 12.6 Å². The normalized spacial score (nSPS) is 11.8. The van der Waals surface area contributed by atoms with Crippen molar-refractivity contribution in [1.82, 2.24) is 19.1 Å². The molecule has 0 aliphatic heterocycles. The van der Waals surface area contributed by atoms with Gasteiger partial charge in [0.05, 0.1) is 40.1 Å². The average molecular weight is 550 g/mol. The summed E-state index contributed by atoms with van der Waals surface area (Å²) in [5.41, 5.74) is 8.31. The molecule has 0 bridgehead atoms. The van der Waals surface area contributed by atoms with E-state index in [4.69, 9.17) is 9.97 Å². The van der Waals surface area contributed by atoms with Crippen molar-refractivity contribution in [2.45, 2.75) is 32.5 Å². The van der Waals surface area contributed by atoms with Gasteiger partial charge in [0.25, 0.3) is 0 Å². The Morgan fingerprint density at radius 1 is 0.854 bits per heavy atom. The predicted molar refractivity (Wildman–Crippen MR) is 154 cm³/mol. The van der Waals surface area contributed by atoms with Crippen molar-refractivity contribution in [2.24, 2.45) is 7.05 Å². The summed E-state index contributed by atoms with van der Waals surface area (Å²) in [5.74, 6) is 1.17. The number of rotatable bonds is 6. The predicted octanol–water partition coefficient (Wildman–Crippen LogP) is 7.98. The number of aryl methyl sites for hydroxylation is 3. The highest BCUT2D eigenvalue weighted by Gasteiger charge is 2.28. The molecule has 0 N–H and O–H groups in total. The molecule has 8 heteroatoms. The maximum absolute atomic E-state index is 13.3. The summed E-state index contributed by atoms with van der Waals surface area (Å²) in [6.07, 6.45) is -5.45. The van der Waals surface area contributed by atoms with Crippen molar-refractivity contribution in [2.75, 3.05) is 0 Å². The number of benzene rings is 4. The molecular formula is C33H26F3N5. The summed E-state index contributed by atoms with van der Waals surface area (Å²) in [6, 6.07) is 29.2. The monoisotopic (exact) mass is 549 g/mol. The van der Waals surface area contributed by atoms with Gasteiger partial charge in [0, 0.05) is 25.6 Å². The van der Waals surface area contributed by atoms with Gasteiger partial charge in [-0.1, -0.05) is 54.6 Å². The maximum Gasteiger partial charge on any atom is 0.389 e. The Morgan fingerprint density at radius 2 is 1.59 bits per heavy atom. The van der Waals surface area contributed by atoms with Crippen LogP contribution in [0.15, 0.2) is 84.9 Å². The largest absolute Gasteiger partial charge is 0.389 e. The Labute approximate surface area is 235 Å². The lowest BCUT2D eigenvalue weighted by Gasteiger charge is -2.13. The first-order chi connectivity index (χ1) is 19.7. The molecule has 0 saturated carbocycles. The molecule has 2 aromatic heterocycles. The SMILES string of the molecule is Cc1cc(-c2nc3ccccc3n2C)cc2c1nc(CCC(F)(F)F)n2Cc1ccc(-c2ccccc2C#N)cc1. The minimum Gasteiger partial charge on any atom is -0.327 e. The van der Waals surface area contributed by atoms with Crippen LogP contribution in [0.5, 0.6) is 0 Å². The van der Waals surface area contributed by atoms with Crippen LogP contribution in [0, 0.1) is 18.3 Å². The lowest BCUT2D eigenvalue weighted by atomic mass is 9.99. The van der Waals surface area contributed by atoms with E-state index in [0.717, 1.165) is 50.2 Å². The zero-order chi connectivity index (χ0) is 28.7. The van der Waals surface area contributed by atoms with E-state index in [1.54, 1.807) is 6.07 Å². The maximum atomic E-state index is 13.3. The van der Waals surface area contributed by atoms with E-state index >= 15 is 0 Å². The Bertz CT molecular complexity index is 1940. The van der Waals surface area contributed by atoms with E-state index in [1.807, 2.05) is 102 Å². The molecule has 0 spiro atoms. The second kappa shape index (κ2) is 10.3. The number of imidazole rings is 2. The Morgan fingerprint density at radius 3 is 2.32 bits per heavy atom. The molecule has 0 aliphatic carbocycles. The van der Waals surface area contributed by atoms with Gasteiger partial charge >= 0.3 is 6.18 Å². The minimum absolute atomic E-state index is 0.215. The third kappa shape index (κ3) is 5.07. The molecule has 0 fully saturated rings. The molecule has 0 amide bonds. The van der Waals surface area contributed by atoms with E-state index in [1.165, 1.54) is 0 Å². The van der Waals surface area contributed by atoms with Gasteiger partial charge in [0.2, 0.25) is 0 Å². The quantitative estimate of drug-likeness (QED) is 0.212. The number of hydrogen-bond donors (Lipinski definition) is 0. The fourth-order valence-electron chi connectivity index (χ4n) is 5.40. The molecule has 2 heterocycles. The molecule has 41 heavy (non-hydrogen) atoms. The standard InChI is InChI=1S/C33H26F3N5/c1-21-17-25(32-38-27-9-5-6-10-28(27)40(32)2)18-29-31(21)39-30(15-16-33(34,35)36)41(29)20-22-11-13-23(14-12-22)26-8-4-3-7-24(26)19-37/h3-14,17-18H,15-16,20H2,1-2H3. The number of halogens is 3. The Balaban J connectivity index is 1.44. The molecule has 204 valence electrons. The van der Waals surface area contributed by atoms with Crippen LogP contribution in [0.3, 0.4) is 0 Å².